The van der Waals surface area contributed by atoms with Crippen LogP contribution in [0.2, 0.25) is 0 Å². The number of alkyl halides is 1. The van der Waals surface area contributed by atoms with Gasteiger partial charge in [0.2, 0.25) is 0 Å². The summed E-state index contributed by atoms with van der Waals surface area (Å²) in [4.78, 5) is 18.2. The predicted octanol–water partition coefficient (Wildman–Crippen LogP) is 3.63. The van der Waals surface area contributed by atoms with E-state index in [9.17, 15) is 12.8 Å². The van der Waals surface area contributed by atoms with Crippen LogP contribution in [0.1, 0.15) is 19.0 Å². The Morgan fingerprint density at radius 3 is 2.58 bits per heavy atom. The molecule has 11 nitrogen and oxygen atoms in total. The first kappa shape index (κ1) is 29.2. The van der Waals surface area contributed by atoms with Gasteiger partial charge >= 0.3 is 0 Å². The Balaban J connectivity index is 1.44. The second-order valence-electron chi connectivity index (χ2n) is 11.5. The maximum atomic E-state index is 15.0. The van der Waals surface area contributed by atoms with Gasteiger partial charge in [0.25, 0.3) is 0 Å². The number of aryl methyl sites for hydroxylation is 1. The summed E-state index contributed by atoms with van der Waals surface area (Å²) >= 11 is 0. The van der Waals surface area contributed by atoms with E-state index in [1.54, 1.807) is 36.4 Å². The van der Waals surface area contributed by atoms with E-state index in [2.05, 4.69) is 9.88 Å². The van der Waals surface area contributed by atoms with Crippen molar-refractivity contribution in [3.8, 4) is 22.8 Å². The average Bonchev–Trinajstić information content (AvgIpc) is 3.43. The Labute approximate surface area is 250 Å². The van der Waals surface area contributed by atoms with Crippen LogP contribution >= 0.6 is 0 Å². The lowest BCUT2D eigenvalue weighted by molar-refractivity contribution is 0.0195. The van der Waals surface area contributed by atoms with Crippen LogP contribution in [0.15, 0.2) is 42.9 Å². The molecule has 2 saturated heterocycles. The summed E-state index contributed by atoms with van der Waals surface area (Å²) in [6, 6.07) is 7.66. The van der Waals surface area contributed by atoms with Crippen LogP contribution in [0.5, 0.6) is 5.75 Å². The molecule has 0 unspecified atom stereocenters. The van der Waals surface area contributed by atoms with Crippen molar-refractivity contribution in [2.45, 2.75) is 38.6 Å². The zero-order valence-corrected chi connectivity index (χ0v) is 25.8. The third kappa shape index (κ3) is 5.63. The Morgan fingerprint density at radius 1 is 1.09 bits per heavy atom. The van der Waals surface area contributed by atoms with Gasteiger partial charge in [-0.05, 0) is 32.4 Å². The Hall–Kier alpha value is -3.84. The molecular formula is C30H36FN7O4S. The molecule has 4 aromatic rings. The SMILES string of the molecule is COc1ccncc1-c1cc2c(cnn2-c2cc(N3C[C@H](CS(C)(=O)=O)[C@H]3C)cc(N3CC[C@@H](OC)[C@@H](F)C3)n2)c(C)n1. The van der Waals surface area contributed by atoms with Crippen LogP contribution < -0.4 is 14.5 Å². The molecule has 0 N–H and O–H groups in total. The zero-order chi connectivity index (χ0) is 30.5. The number of fused-ring (bicyclic) bond motifs is 1. The number of halogens is 1. The number of sulfone groups is 1. The summed E-state index contributed by atoms with van der Waals surface area (Å²) in [7, 11) is 0.0497. The average molecular weight is 610 g/mol. The van der Waals surface area contributed by atoms with E-state index in [0.29, 0.717) is 42.6 Å². The van der Waals surface area contributed by atoms with Gasteiger partial charge in [0, 0.05) is 79.7 Å². The minimum Gasteiger partial charge on any atom is -0.496 e. The summed E-state index contributed by atoms with van der Waals surface area (Å²) in [5.41, 5.74) is 3.92. The van der Waals surface area contributed by atoms with Crippen LogP contribution in [0.4, 0.5) is 15.9 Å². The summed E-state index contributed by atoms with van der Waals surface area (Å²) < 4.78 is 51.6. The fourth-order valence-corrected chi connectivity index (χ4v) is 7.30. The molecule has 0 radical (unpaired) electrons. The normalized spacial score (nSPS) is 22.6. The standard InChI is InChI=1S/C30H36FN7O4S/c1-18-22-14-33-38(26(22)12-25(34-18)23-13-32-8-6-27(23)41-3)30-11-21(37-15-20(19(37)2)17-43(5,39)40)10-29(35-30)36-9-7-28(42-4)24(31)16-36/h6,8,10-14,19-20,24,28H,7,9,15-17H2,1-5H3/t19-,20-,24+,28-/m1/s1. The summed E-state index contributed by atoms with van der Waals surface area (Å²) in [5, 5.41) is 5.58. The van der Waals surface area contributed by atoms with Crippen molar-refractivity contribution >= 4 is 32.2 Å². The van der Waals surface area contributed by atoms with Gasteiger partial charge < -0.3 is 19.3 Å². The van der Waals surface area contributed by atoms with Gasteiger partial charge in [-0.1, -0.05) is 0 Å². The fraction of sp³-hybridized carbons (Fsp3) is 0.467. The van der Waals surface area contributed by atoms with Gasteiger partial charge in [-0.2, -0.15) is 5.10 Å². The van der Waals surface area contributed by atoms with Gasteiger partial charge in [-0.25, -0.2) is 22.5 Å². The predicted molar refractivity (Wildman–Crippen MR) is 164 cm³/mol. The van der Waals surface area contributed by atoms with E-state index in [-0.39, 0.29) is 24.3 Å². The number of nitrogens with zero attached hydrogens (tertiary/aromatic N) is 7. The summed E-state index contributed by atoms with van der Waals surface area (Å²) in [5.74, 6) is 2.02. The van der Waals surface area contributed by atoms with Gasteiger partial charge in [0.15, 0.2) is 5.82 Å². The molecule has 2 fully saturated rings. The van der Waals surface area contributed by atoms with Gasteiger partial charge in [-0.15, -0.1) is 0 Å². The van der Waals surface area contributed by atoms with Gasteiger partial charge in [-0.3, -0.25) is 9.97 Å². The number of hydrogen-bond acceptors (Lipinski definition) is 10. The third-order valence-corrected chi connectivity index (χ3v) is 9.63. The van der Waals surface area contributed by atoms with E-state index < -0.39 is 22.1 Å². The number of methoxy groups -OCH3 is 2. The molecule has 0 aliphatic carbocycles. The number of aromatic nitrogens is 5. The molecule has 4 aromatic heterocycles. The first-order chi connectivity index (χ1) is 20.6. The first-order valence-corrected chi connectivity index (χ1v) is 16.3. The van der Waals surface area contributed by atoms with E-state index in [1.165, 1.54) is 13.4 Å². The summed E-state index contributed by atoms with van der Waals surface area (Å²) in [6.45, 7) is 5.32. The third-order valence-electron chi connectivity index (χ3n) is 8.60. The maximum absolute atomic E-state index is 15.0. The van der Waals surface area contributed by atoms with Crippen LogP contribution in [-0.4, -0.2) is 97.3 Å². The van der Waals surface area contributed by atoms with Gasteiger partial charge in [0.05, 0.1) is 48.5 Å². The van der Waals surface area contributed by atoms with Crippen molar-refractivity contribution in [1.82, 2.24) is 24.7 Å². The number of anilines is 2. The summed E-state index contributed by atoms with van der Waals surface area (Å²) in [6.07, 6.45) is 5.39. The molecule has 0 bridgehead atoms. The van der Waals surface area contributed by atoms with Crippen molar-refractivity contribution in [2.24, 2.45) is 5.92 Å². The number of ether oxygens (including phenoxy) is 2. The molecular weight excluding hydrogens is 573 g/mol. The quantitative estimate of drug-likeness (QED) is 0.293. The lowest BCUT2D eigenvalue weighted by atomic mass is 9.91. The highest BCUT2D eigenvalue weighted by molar-refractivity contribution is 7.90. The second kappa shape index (κ2) is 11.3. The highest BCUT2D eigenvalue weighted by atomic mass is 32.2. The van der Waals surface area contributed by atoms with Gasteiger partial charge in [0.1, 0.15) is 27.6 Å². The largest absolute Gasteiger partial charge is 0.496 e. The molecule has 13 heteroatoms. The molecule has 6 rings (SSSR count). The van der Waals surface area contributed by atoms with Crippen molar-refractivity contribution in [1.29, 1.82) is 0 Å². The van der Waals surface area contributed by atoms with Crippen LogP contribution in [0.3, 0.4) is 0 Å². The molecule has 43 heavy (non-hydrogen) atoms. The maximum Gasteiger partial charge on any atom is 0.158 e. The van der Waals surface area contributed by atoms with Crippen LogP contribution in [0.25, 0.3) is 28.0 Å². The molecule has 0 spiro atoms. The van der Waals surface area contributed by atoms with Crippen LogP contribution in [0, 0.1) is 12.8 Å². The highest BCUT2D eigenvalue weighted by Crippen LogP contribution is 2.37. The number of piperidine rings is 1. The van der Waals surface area contributed by atoms with E-state index in [4.69, 9.17) is 24.5 Å². The molecule has 6 heterocycles. The molecule has 2 aliphatic rings. The van der Waals surface area contributed by atoms with E-state index >= 15 is 0 Å². The molecule has 0 saturated carbocycles. The Bertz CT molecular complexity index is 1760. The Morgan fingerprint density at radius 2 is 1.88 bits per heavy atom. The molecule has 2 aliphatic heterocycles. The molecule has 0 aromatic carbocycles. The van der Waals surface area contributed by atoms with Crippen molar-refractivity contribution in [3.63, 3.8) is 0 Å². The first-order valence-electron chi connectivity index (χ1n) is 14.3. The van der Waals surface area contributed by atoms with Crippen molar-refractivity contribution in [2.75, 3.05) is 55.7 Å². The topological polar surface area (TPSA) is 116 Å². The molecule has 228 valence electrons. The smallest absolute Gasteiger partial charge is 0.158 e. The Kier molecular flexibility index (Phi) is 7.71. The van der Waals surface area contributed by atoms with E-state index in [0.717, 1.165) is 27.8 Å². The molecule has 4 atom stereocenters. The van der Waals surface area contributed by atoms with Crippen molar-refractivity contribution in [3.05, 3.63) is 48.5 Å². The number of rotatable bonds is 8. The van der Waals surface area contributed by atoms with Crippen molar-refractivity contribution < 1.29 is 22.3 Å². The minimum atomic E-state index is -3.10. The fourth-order valence-electron chi connectivity index (χ4n) is 6.14. The molecule has 0 amide bonds. The van der Waals surface area contributed by atoms with Crippen LogP contribution in [-0.2, 0) is 14.6 Å². The van der Waals surface area contributed by atoms with E-state index in [1.807, 2.05) is 36.9 Å². The lowest BCUT2D eigenvalue weighted by Crippen LogP contribution is -2.57. The highest BCUT2D eigenvalue weighted by Gasteiger charge is 2.38. The second-order valence-corrected chi connectivity index (χ2v) is 13.7. The number of pyridine rings is 3. The monoisotopic (exact) mass is 609 g/mol. The minimum absolute atomic E-state index is 0.0106. The number of hydrogen-bond donors (Lipinski definition) is 0. The lowest BCUT2D eigenvalue weighted by Gasteiger charge is -2.48. The zero-order valence-electron chi connectivity index (χ0n) is 24.9.